The quantitative estimate of drug-likeness (QED) is 0.458. The zero-order valence-corrected chi connectivity index (χ0v) is 17.6. The molecule has 0 atom stereocenters. The maximum Gasteiger partial charge on any atom is 0.263 e. The van der Waals surface area contributed by atoms with Crippen LogP contribution < -0.4 is 4.72 Å². The van der Waals surface area contributed by atoms with E-state index in [1.54, 1.807) is 30.3 Å². The molecule has 6 heteroatoms. The van der Waals surface area contributed by atoms with Gasteiger partial charge in [0, 0.05) is 12.0 Å². The van der Waals surface area contributed by atoms with Gasteiger partial charge < -0.3 is 4.42 Å². The van der Waals surface area contributed by atoms with Gasteiger partial charge in [0.1, 0.15) is 0 Å². The molecule has 4 aromatic rings. The second kappa shape index (κ2) is 8.16. The molecule has 4 rings (SSSR count). The Kier molecular flexibility index (Phi) is 5.42. The normalized spacial score (nSPS) is 11.4. The Morgan fingerprint density at radius 1 is 0.900 bits per heavy atom. The molecule has 0 saturated carbocycles. The predicted octanol–water partition coefficient (Wildman–Crippen LogP) is 5.35. The first-order valence-electron chi connectivity index (χ1n) is 9.61. The Morgan fingerprint density at radius 3 is 2.27 bits per heavy atom. The lowest BCUT2D eigenvalue weighted by Gasteiger charge is -2.09. The summed E-state index contributed by atoms with van der Waals surface area (Å²) in [4.78, 5) is 4.68. The van der Waals surface area contributed by atoms with Gasteiger partial charge in [-0.15, -0.1) is 0 Å². The number of aryl methyl sites for hydroxylation is 2. The van der Waals surface area contributed by atoms with Gasteiger partial charge in [0.25, 0.3) is 10.0 Å². The van der Waals surface area contributed by atoms with Crippen LogP contribution in [0.5, 0.6) is 0 Å². The molecule has 0 aliphatic rings. The number of benzene rings is 3. The van der Waals surface area contributed by atoms with Gasteiger partial charge in [-0.05, 0) is 43.2 Å². The van der Waals surface area contributed by atoms with Crippen LogP contribution in [0.3, 0.4) is 0 Å². The standard InChI is InChI=1S/C24H22N2O3S/c1-17-13-14-18(2)21(15-17)23-24(26-30(27,28)20-11-7-4-8-12-20)25-22(29-23)16-19-9-5-3-6-10-19/h3-15,26H,16H2,1-2H3. The largest absolute Gasteiger partial charge is 0.438 e. The number of oxazole rings is 1. The van der Waals surface area contributed by atoms with Crippen molar-refractivity contribution in [3.05, 3.63) is 101 Å². The van der Waals surface area contributed by atoms with Gasteiger partial charge in [0.2, 0.25) is 5.89 Å². The van der Waals surface area contributed by atoms with Crippen molar-refractivity contribution in [3.8, 4) is 11.3 Å². The monoisotopic (exact) mass is 418 g/mol. The van der Waals surface area contributed by atoms with Gasteiger partial charge in [-0.25, -0.2) is 8.42 Å². The molecule has 30 heavy (non-hydrogen) atoms. The lowest BCUT2D eigenvalue weighted by Crippen LogP contribution is -2.13. The first-order chi connectivity index (χ1) is 14.4. The van der Waals surface area contributed by atoms with Crippen molar-refractivity contribution in [2.45, 2.75) is 25.2 Å². The van der Waals surface area contributed by atoms with Crippen LogP contribution in [-0.4, -0.2) is 13.4 Å². The van der Waals surface area contributed by atoms with Crippen LogP contribution in [0.1, 0.15) is 22.6 Å². The summed E-state index contributed by atoms with van der Waals surface area (Å²) in [6, 6.07) is 24.0. The molecule has 152 valence electrons. The third kappa shape index (κ3) is 4.28. The van der Waals surface area contributed by atoms with Gasteiger partial charge in [0.05, 0.1) is 4.90 Å². The molecule has 1 heterocycles. The smallest absolute Gasteiger partial charge is 0.263 e. The van der Waals surface area contributed by atoms with Crippen LogP contribution in [0, 0.1) is 13.8 Å². The second-order valence-corrected chi connectivity index (χ2v) is 8.87. The second-order valence-electron chi connectivity index (χ2n) is 7.18. The Morgan fingerprint density at radius 2 is 1.57 bits per heavy atom. The van der Waals surface area contributed by atoms with Crippen molar-refractivity contribution in [2.24, 2.45) is 0 Å². The summed E-state index contributed by atoms with van der Waals surface area (Å²) in [5.74, 6) is 1.06. The number of rotatable bonds is 6. The number of hydrogen-bond acceptors (Lipinski definition) is 4. The fourth-order valence-corrected chi connectivity index (χ4v) is 4.25. The van der Waals surface area contributed by atoms with E-state index < -0.39 is 10.0 Å². The molecule has 5 nitrogen and oxygen atoms in total. The van der Waals surface area contributed by atoms with Crippen molar-refractivity contribution in [1.29, 1.82) is 0 Å². The maximum atomic E-state index is 12.9. The maximum absolute atomic E-state index is 12.9. The van der Waals surface area contributed by atoms with Crippen molar-refractivity contribution in [3.63, 3.8) is 0 Å². The van der Waals surface area contributed by atoms with E-state index >= 15 is 0 Å². The number of sulfonamides is 1. The number of nitrogens with zero attached hydrogens (tertiary/aromatic N) is 1. The topological polar surface area (TPSA) is 72.2 Å². The van der Waals surface area contributed by atoms with E-state index in [-0.39, 0.29) is 10.7 Å². The van der Waals surface area contributed by atoms with Crippen LogP contribution in [0.25, 0.3) is 11.3 Å². The highest BCUT2D eigenvalue weighted by Gasteiger charge is 2.23. The average molecular weight is 419 g/mol. The lowest BCUT2D eigenvalue weighted by atomic mass is 10.0. The van der Waals surface area contributed by atoms with Crippen molar-refractivity contribution in [1.82, 2.24) is 4.98 Å². The van der Waals surface area contributed by atoms with Crippen LogP contribution in [-0.2, 0) is 16.4 Å². The highest BCUT2D eigenvalue weighted by atomic mass is 32.2. The molecule has 0 saturated heterocycles. The first-order valence-corrected chi connectivity index (χ1v) is 11.1. The zero-order chi connectivity index (χ0) is 21.1. The summed E-state index contributed by atoms with van der Waals surface area (Å²) in [6.45, 7) is 3.95. The van der Waals surface area contributed by atoms with Crippen LogP contribution in [0.15, 0.2) is 88.2 Å². The molecular formula is C24H22N2O3S. The third-order valence-corrected chi connectivity index (χ3v) is 6.15. The highest BCUT2D eigenvalue weighted by molar-refractivity contribution is 7.92. The van der Waals surface area contributed by atoms with Crippen LogP contribution in [0.2, 0.25) is 0 Å². The van der Waals surface area contributed by atoms with Gasteiger partial charge in [0.15, 0.2) is 11.6 Å². The number of anilines is 1. The molecule has 0 radical (unpaired) electrons. The number of nitrogens with one attached hydrogen (secondary N) is 1. The first kappa shape index (κ1) is 19.9. The van der Waals surface area contributed by atoms with Gasteiger partial charge in [-0.3, -0.25) is 4.72 Å². The minimum Gasteiger partial charge on any atom is -0.438 e. The minimum absolute atomic E-state index is 0.171. The summed E-state index contributed by atoms with van der Waals surface area (Å²) in [5, 5.41) is 0. The third-order valence-electron chi connectivity index (χ3n) is 4.79. The molecule has 0 amide bonds. The molecule has 0 aliphatic carbocycles. The zero-order valence-electron chi connectivity index (χ0n) is 16.8. The molecule has 0 unspecified atom stereocenters. The molecule has 0 spiro atoms. The van der Waals surface area contributed by atoms with Gasteiger partial charge in [-0.2, -0.15) is 4.98 Å². The molecule has 1 N–H and O–H groups in total. The van der Waals surface area contributed by atoms with E-state index in [4.69, 9.17) is 4.42 Å². The van der Waals surface area contributed by atoms with Crippen LogP contribution >= 0.6 is 0 Å². The fourth-order valence-electron chi connectivity index (χ4n) is 3.23. The van der Waals surface area contributed by atoms with Crippen molar-refractivity contribution < 1.29 is 12.8 Å². The van der Waals surface area contributed by atoms with Gasteiger partial charge in [-0.1, -0.05) is 66.2 Å². The van der Waals surface area contributed by atoms with Crippen LogP contribution in [0.4, 0.5) is 5.82 Å². The van der Waals surface area contributed by atoms with E-state index in [9.17, 15) is 8.42 Å². The molecule has 0 bridgehead atoms. The number of aromatic nitrogens is 1. The summed E-state index contributed by atoms with van der Waals surface area (Å²) >= 11 is 0. The Hall–Kier alpha value is -3.38. The molecule has 1 aromatic heterocycles. The summed E-state index contributed by atoms with van der Waals surface area (Å²) in [6.07, 6.45) is 0.464. The summed E-state index contributed by atoms with van der Waals surface area (Å²) in [7, 11) is -3.80. The molecule has 0 fully saturated rings. The van der Waals surface area contributed by atoms with E-state index in [0.29, 0.717) is 18.1 Å². The van der Waals surface area contributed by atoms with Crippen molar-refractivity contribution >= 4 is 15.8 Å². The predicted molar refractivity (Wildman–Crippen MR) is 118 cm³/mol. The van der Waals surface area contributed by atoms with Crippen molar-refractivity contribution in [2.75, 3.05) is 4.72 Å². The molecule has 0 aliphatic heterocycles. The summed E-state index contributed by atoms with van der Waals surface area (Å²) in [5.41, 5.74) is 3.87. The molecular weight excluding hydrogens is 396 g/mol. The fraction of sp³-hybridized carbons (Fsp3) is 0.125. The van der Waals surface area contributed by atoms with E-state index in [1.807, 2.05) is 62.4 Å². The lowest BCUT2D eigenvalue weighted by molar-refractivity contribution is 0.519. The average Bonchev–Trinajstić information content (AvgIpc) is 3.12. The Labute approximate surface area is 176 Å². The van der Waals surface area contributed by atoms with E-state index in [1.165, 1.54) is 0 Å². The van der Waals surface area contributed by atoms with E-state index in [0.717, 1.165) is 22.3 Å². The highest BCUT2D eigenvalue weighted by Crippen LogP contribution is 2.34. The Balaban J connectivity index is 1.78. The molecule has 3 aromatic carbocycles. The SMILES string of the molecule is Cc1ccc(C)c(-c2oc(Cc3ccccc3)nc2NS(=O)(=O)c2ccccc2)c1. The summed E-state index contributed by atoms with van der Waals surface area (Å²) < 4.78 is 34.5. The van der Waals surface area contributed by atoms with E-state index in [2.05, 4.69) is 9.71 Å². The Bertz CT molecular complexity index is 1260. The minimum atomic E-state index is -3.80. The number of hydrogen-bond donors (Lipinski definition) is 1. The van der Waals surface area contributed by atoms with Gasteiger partial charge >= 0.3 is 0 Å².